The van der Waals surface area contributed by atoms with Gasteiger partial charge in [0.2, 0.25) is 0 Å². The summed E-state index contributed by atoms with van der Waals surface area (Å²) in [6, 6.07) is 10.8. The molecule has 2 aromatic rings. The topological polar surface area (TPSA) is 99.8 Å². The van der Waals surface area contributed by atoms with Crippen LogP contribution in [0.5, 0.6) is 0 Å². The Morgan fingerprint density at radius 3 is 2.55 bits per heavy atom. The molecule has 20 heavy (non-hydrogen) atoms. The second kappa shape index (κ2) is 6.03. The summed E-state index contributed by atoms with van der Waals surface area (Å²) in [6.07, 6.45) is -0.265. The van der Waals surface area contributed by atoms with Crippen LogP contribution in [0.4, 0.5) is 0 Å². The lowest BCUT2D eigenvalue weighted by Crippen LogP contribution is -2.36. The number of furan rings is 1. The van der Waals surface area contributed by atoms with Gasteiger partial charge in [0.15, 0.2) is 11.9 Å². The van der Waals surface area contributed by atoms with Crippen LogP contribution in [-0.2, 0) is 4.79 Å². The second-order valence-electron chi connectivity index (χ2n) is 4.09. The minimum atomic E-state index is -1.64. The predicted molar refractivity (Wildman–Crippen MR) is 70.1 cm³/mol. The van der Waals surface area contributed by atoms with Gasteiger partial charge in [0.05, 0.1) is 12.8 Å². The molecule has 1 amide bonds. The molecule has 1 aromatic carbocycles. The third kappa shape index (κ3) is 3.04. The van der Waals surface area contributed by atoms with Gasteiger partial charge in [-0.15, -0.1) is 0 Å². The SMILES string of the molecule is O=C(NCC(O)C(=O)O)c1occc1-c1ccccc1. The first kappa shape index (κ1) is 13.8. The van der Waals surface area contributed by atoms with Crippen molar-refractivity contribution in [3.05, 3.63) is 48.4 Å². The molecule has 6 nitrogen and oxygen atoms in total. The Bertz CT molecular complexity index is 605. The first-order valence-electron chi connectivity index (χ1n) is 5.91. The van der Waals surface area contributed by atoms with Crippen LogP contribution in [-0.4, -0.2) is 34.7 Å². The summed E-state index contributed by atoms with van der Waals surface area (Å²) in [7, 11) is 0. The van der Waals surface area contributed by atoms with E-state index in [1.165, 1.54) is 6.26 Å². The van der Waals surface area contributed by atoms with Gasteiger partial charge in [-0.1, -0.05) is 30.3 Å². The highest BCUT2D eigenvalue weighted by molar-refractivity contribution is 5.98. The van der Waals surface area contributed by atoms with Crippen molar-refractivity contribution in [1.29, 1.82) is 0 Å². The summed E-state index contributed by atoms with van der Waals surface area (Å²) in [5.74, 6) is -1.89. The number of aliphatic hydroxyl groups excluding tert-OH is 1. The molecule has 0 aliphatic carbocycles. The van der Waals surface area contributed by atoms with Crippen molar-refractivity contribution in [3.63, 3.8) is 0 Å². The summed E-state index contributed by atoms with van der Waals surface area (Å²) >= 11 is 0. The summed E-state index contributed by atoms with van der Waals surface area (Å²) in [5, 5.41) is 20.0. The molecule has 6 heteroatoms. The predicted octanol–water partition coefficient (Wildman–Crippen LogP) is 1.12. The number of hydrogen-bond donors (Lipinski definition) is 3. The maximum absolute atomic E-state index is 11.9. The average molecular weight is 275 g/mol. The van der Waals surface area contributed by atoms with Gasteiger partial charge in [0.25, 0.3) is 5.91 Å². The number of carbonyl (C=O) groups excluding carboxylic acids is 1. The van der Waals surface area contributed by atoms with Crippen LogP contribution < -0.4 is 5.32 Å². The maximum Gasteiger partial charge on any atom is 0.334 e. The van der Waals surface area contributed by atoms with Gasteiger partial charge >= 0.3 is 5.97 Å². The standard InChI is InChI=1S/C14H13NO5/c16-11(14(18)19)8-15-13(17)12-10(6-7-20-12)9-4-2-1-3-5-9/h1-7,11,16H,8H2,(H,15,17)(H,18,19). The van der Waals surface area contributed by atoms with E-state index < -0.39 is 18.0 Å². The van der Waals surface area contributed by atoms with Crippen LogP contribution in [0.2, 0.25) is 0 Å². The van der Waals surface area contributed by atoms with Crippen LogP contribution in [0.15, 0.2) is 47.1 Å². The zero-order chi connectivity index (χ0) is 14.5. The largest absolute Gasteiger partial charge is 0.479 e. The molecular weight excluding hydrogens is 262 g/mol. The molecular formula is C14H13NO5. The normalized spacial score (nSPS) is 11.8. The quantitative estimate of drug-likeness (QED) is 0.759. The smallest absolute Gasteiger partial charge is 0.334 e. The number of benzene rings is 1. The fraction of sp³-hybridized carbons (Fsp3) is 0.143. The molecule has 1 aromatic heterocycles. The lowest BCUT2D eigenvalue weighted by atomic mass is 10.1. The molecule has 3 N–H and O–H groups in total. The average Bonchev–Trinajstić information content (AvgIpc) is 2.94. The maximum atomic E-state index is 11.9. The molecule has 0 fully saturated rings. The summed E-state index contributed by atoms with van der Waals surface area (Å²) in [4.78, 5) is 22.4. The minimum absolute atomic E-state index is 0.0776. The number of aliphatic carboxylic acids is 1. The Hall–Kier alpha value is -2.60. The van der Waals surface area contributed by atoms with Crippen molar-refractivity contribution in [2.45, 2.75) is 6.10 Å². The molecule has 0 saturated carbocycles. The lowest BCUT2D eigenvalue weighted by molar-refractivity contribution is -0.146. The van der Waals surface area contributed by atoms with Crippen molar-refractivity contribution in [1.82, 2.24) is 5.32 Å². The van der Waals surface area contributed by atoms with Crippen molar-refractivity contribution < 1.29 is 24.2 Å². The number of carboxylic acid groups (broad SMARTS) is 1. The number of hydrogen-bond acceptors (Lipinski definition) is 4. The monoisotopic (exact) mass is 275 g/mol. The van der Waals surface area contributed by atoms with Crippen molar-refractivity contribution >= 4 is 11.9 Å². The molecule has 1 heterocycles. The van der Waals surface area contributed by atoms with E-state index in [1.54, 1.807) is 6.07 Å². The summed E-state index contributed by atoms with van der Waals surface area (Å²) in [5.41, 5.74) is 1.41. The molecule has 0 aliphatic rings. The van der Waals surface area contributed by atoms with E-state index in [0.29, 0.717) is 5.56 Å². The van der Waals surface area contributed by atoms with Crippen molar-refractivity contribution in [3.8, 4) is 11.1 Å². The van der Waals surface area contributed by atoms with Crippen molar-refractivity contribution in [2.75, 3.05) is 6.54 Å². The third-order valence-electron chi connectivity index (χ3n) is 2.70. The number of amides is 1. The van der Waals surface area contributed by atoms with Crippen LogP contribution >= 0.6 is 0 Å². The van der Waals surface area contributed by atoms with Gasteiger partial charge in [-0.3, -0.25) is 4.79 Å². The Morgan fingerprint density at radius 1 is 1.20 bits per heavy atom. The van der Waals surface area contributed by atoms with E-state index in [4.69, 9.17) is 14.6 Å². The summed E-state index contributed by atoms with van der Waals surface area (Å²) < 4.78 is 5.13. The molecule has 0 aliphatic heterocycles. The summed E-state index contributed by atoms with van der Waals surface area (Å²) in [6.45, 7) is -0.386. The zero-order valence-electron chi connectivity index (χ0n) is 10.4. The van der Waals surface area contributed by atoms with Crippen LogP contribution in [0.25, 0.3) is 11.1 Å². The Balaban J connectivity index is 2.12. The van der Waals surface area contributed by atoms with Crippen LogP contribution in [0, 0.1) is 0 Å². The first-order chi connectivity index (χ1) is 9.59. The fourth-order valence-electron chi connectivity index (χ4n) is 1.69. The van der Waals surface area contributed by atoms with Crippen LogP contribution in [0.3, 0.4) is 0 Å². The fourth-order valence-corrected chi connectivity index (χ4v) is 1.69. The third-order valence-corrected chi connectivity index (χ3v) is 2.70. The molecule has 0 radical (unpaired) electrons. The van der Waals surface area contributed by atoms with E-state index >= 15 is 0 Å². The van der Waals surface area contributed by atoms with E-state index in [-0.39, 0.29) is 12.3 Å². The Labute approximate surface area is 114 Å². The van der Waals surface area contributed by atoms with Gasteiger partial charge in [-0.2, -0.15) is 0 Å². The number of rotatable bonds is 5. The van der Waals surface area contributed by atoms with Crippen LogP contribution in [0.1, 0.15) is 10.6 Å². The molecule has 0 bridgehead atoms. The molecule has 104 valence electrons. The van der Waals surface area contributed by atoms with E-state index in [9.17, 15) is 9.59 Å². The highest BCUT2D eigenvalue weighted by atomic mass is 16.4. The second-order valence-corrected chi connectivity index (χ2v) is 4.09. The number of carboxylic acids is 1. The Kier molecular flexibility index (Phi) is 4.17. The Morgan fingerprint density at radius 2 is 1.90 bits per heavy atom. The van der Waals surface area contributed by atoms with Gasteiger partial charge in [-0.25, -0.2) is 4.79 Å². The molecule has 0 spiro atoms. The number of aliphatic hydroxyl groups is 1. The van der Waals surface area contributed by atoms with E-state index in [2.05, 4.69) is 5.32 Å². The van der Waals surface area contributed by atoms with E-state index in [0.717, 1.165) is 5.56 Å². The van der Waals surface area contributed by atoms with Crippen molar-refractivity contribution in [2.24, 2.45) is 0 Å². The van der Waals surface area contributed by atoms with Gasteiger partial charge < -0.3 is 19.9 Å². The van der Waals surface area contributed by atoms with Gasteiger partial charge in [0.1, 0.15) is 0 Å². The first-order valence-corrected chi connectivity index (χ1v) is 5.91. The lowest BCUT2D eigenvalue weighted by Gasteiger charge is -2.07. The molecule has 1 unspecified atom stereocenters. The molecule has 2 rings (SSSR count). The molecule has 1 atom stereocenters. The zero-order valence-corrected chi connectivity index (χ0v) is 10.4. The highest BCUT2D eigenvalue weighted by Crippen LogP contribution is 2.24. The van der Waals surface area contributed by atoms with E-state index in [1.807, 2.05) is 30.3 Å². The van der Waals surface area contributed by atoms with Gasteiger partial charge in [0, 0.05) is 5.56 Å². The minimum Gasteiger partial charge on any atom is -0.479 e. The number of nitrogens with one attached hydrogen (secondary N) is 1. The highest BCUT2D eigenvalue weighted by Gasteiger charge is 2.19. The number of carbonyl (C=O) groups is 2. The van der Waals surface area contributed by atoms with Gasteiger partial charge in [-0.05, 0) is 11.6 Å². The molecule has 0 saturated heterocycles.